The summed E-state index contributed by atoms with van der Waals surface area (Å²) in [5.41, 5.74) is -0.936. The van der Waals surface area contributed by atoms with E-state index in [2.05, 4.69) is 0 Å². The van der Waals surface area contributed by atoms with Crippen LogP contribution in [0, 0.1) is 12.7 Å². The van der Waals surface area contributed by atoms with E-state index in [-0.39, 0.29) is 12.0 Å². The Balaban J connectivity index is 1.90. The molecule has 2 aliphatic rings. The molecule has 3 rings (SSSR count). The number of esters is 1. The number of carbonyl (C=O) groups is 3. The van der Waals surface area contributed by atoms with Gasteiger partial charge in [0.15, 0.2) is 0 Å². The van der Waals surface area contributed by atoms with Crippen LogP contribution in [0.3, 0.4) is 0 Å². The van der Waals surface area contributed by atoms with Gasteiger partial charge in [-0.2, -0.15) is 0 Å². The van der Waals surface area contributed by atoms with Crippen molar-refractivity contribution in [1.82, 2.24) is 4.90 Å². The fraction of sp³-hybridized carbons (Fsp3) is 0.500. The zero-order valence-corrected chi connectivity index (χ0v) is 14.6. The van der Waals surface area contributed by atoms with Crippen LogP contribution >= 0.6 is 0 Å². The summed E-state index contributed by atoms with van der Waals surface area (Å²) in [6.45, 7) is 6.25. The lowest BCUT2D eigenvalue weighted by atomic mass is 9.93. The van der Waals surface area contributed by atoms with Gasteiger partial charge in [0.2, 0.25) is 5.60 Å². The smallest absolute Gasteiger partial charge is 0.418 e. The van der Waals surface area contributed by atoms with Crippen LogP contribution in [0.4, 0.5) is 9.18 Å². The van der Waals surface area contributed by atoms with E-state index in [1.54, 1.807) is 33.8 Å². The van der Waals surface area contributed by atoms with Gasteiger partial charge < -0.3 is 9.47 Å². The van der Waals surface area contributed by atoms with E-state index < -0.39 is 41.5 Å². The lowest BCUT2D eigenvalue weighted by molar-refractivity contribution is -0.157. The highest BCUT2D eigenvalue weighted by Gasteiger charge is 2.59. The van der Waals surface area contributed by atoms with Crippen LogP contribution in [0.2, 0.25) is 0 Å². The minimum Gasteiger partial charge on any atom is -0.459 e. The van der Waals surface area contributed by atoms with Gasteiger partial charge in [0.1, 0.15) is 18.0 Å². The molecule has 1 aliphatic heterocycles. The Labute approximate surface area is 144 Å². The molecule has 6 nitrogen and oxygen atoms in total. The summed E-state index contributed by atoms with van der Waals surface area (Å²) in [5, 5.41) is 0. The van der Waals surface area contributed by atoms with E-state index in [0.717, 1.165) is 5.56 Å². The Morgan fingerprint density at radius 1 is 1.36 bits per heavy atom. The van der Waals surface area contributed by atoms with Crippen molar-refractivity contribution < 1.29 is 28.2 Å². The first kappa shape index (κ1) is 17.4. The van der Waals surface area contributed by atoms with Gasteiger partial charge in [-0.05, 0) is 51.3 Å². The normalized spacial score (nSPS) is 22.4. The third-order valence-electron chi connectivity index (χ3n) is 4.25. The number of rotatable bonds is 2. The summed E-state index contributed by atoms with van der Waals surface area (Å²) < 4.78 is 25.0. The Morgan fingerprint density at radius 3 is 2.68 bits per heavy atom. The summed E-state index contributed by atoms with van der Waals surface area (Å²) in [6.07, 6.45) is -0.366. The van der Waals surface area contributed by atoms with Crippen LogP contribution in [0.15, 0.2) is 12.1 Å². The number of halogens is 1. The Kier molecular flexibility index (Phi) is 3.85. The van der Waals surface area contributed by atoms with E-state index in [0.29, 0.717) is 16.9 Å². The van der Waals surface area contributed by atoms with Gasteiger partial charge >= 0.3 is 12.1 Å². The van der Waals surface area contributed by atoms with E-state index >= 15 is 0 Å². The Morgan fingerprint density at radius 2 is 2.04 bits per heavy atom. The number of benzene rings is 1. The quantitative estimate of drug-likeness (QED) is 0.768. The van der Waals surface area contributed by atoms with Crippen molar-refractivity contribution in [2.75, 3.05) is 6.54 Å². The summed E-state index contributed by atoms with van der Waals surface area (Å²) in [5.74, 6) is -2.02. The van der Waals surface area contributed by atoms with Crippen LogP contribution in [0.1, 0.15) is 43.9 Å². The predicted molar refractivity (Wildman–Crippen MR) is 85.2 cm³/mol. The van der Waals surface area contributed by atoms with E-state index in [1.807, 2.05) is 0 Å². The molecule has 134 valence electrons. The maximum absolute atomic E-state index is 14.5. The first-order valence-corrected chi connectivity index (χ1v) is 8.10. The number of hydrogen-bond acceptors (Lipinski definition) is 5. The third kappa shape index (κ3) is 2.88. The Hall–Kier alpha value is -2.44. The lowest BCUT2D eigenvalue weighted by Gasteiger charge is -2.22. The molecule has 0 radical (unpaired) electrons. The molecular formula is C18H20FNO5. The van der Waals surface area contributed by atoms with Gasteiger partial charge in [0, 0.05) is 12.0 Å². The molecule has 2 amide bonds. The van der Waals surface area contributed by atoms with Crippen molar-refractivity contribution in [2.24, 2.45) is 0 Å². The van der Waals surface area contributed by atoms with Crippen LogP contribution < -0.4 is 0 Å². The zero-order chi connectivity index (χ0) is 18.6. The minimum atomic E-state index is -1.67. The molecule has 1 unspecified atom stereocenters. The first-order valence-electron chi connectivity index (χ1n) is 8.10. The minimum absolute atomic E-state index is 0.100. The number of imide groups is 1. The number of carbonyl (C=O) groups excluding carboxylic acids is 3. The average molecular weight is 349 g/mol. The second-order valence-electron chi connectivity index (χ2n) is 7.45. The van der Waals surface area contributed by atoms with Crippen LogP contribution in [-0.4, -0.2) is 35.0 Å². The molecule has 0 aromatic heterocycles. The van der Waals surface area contributed by atoms with E-state index in [1.165, 1.54) is 6.07 Å². The molecule has 1 spiro atoms. The van der Waals surface area contributed by atoms with Crippen molar-refractivity contribution in [3.05, 3.63) is 34.6 Å². The average Bonchev–Trinajstić information content (AvgIpc) is 2.91. The molecular weight excluding hydrogens is 329 g/mol. The summed E-state index contributed by atoms with van der Waals surface area (Å²) in [6, 6.07) is 3.09. The highest BCUT2D eigenvalue weighted by atomic mass is 19.1. The van der Waals surface area contributed by atoms with Crippen LogP contribution in [0.25, 0.3) is 0 Å². The number of ether oxygens (including phenoxy) is 2. The summed E-state index contributed by atoms with van der Waals surface area (Å²) >= 11 is 0. The zero-order valence-electron chi connectivity index (χ0n) is 14.6. The maximum atomic E-state index is 14.5. The van der Waals surface area contributed by atoms with E-state index in [9.17, 15) is 18.8 Å². The number of nitrogens with zero attached hydrogens (tertiary/aromatic N) is 1. The van der Waals surface area contributed by atoms with Gasteiger partial charge in [-0.25, -0.2) is 14.1 Å². The molecule has 7 heteroatoms. The van der Waals surface area contributed by atoms with Gasteiger partial charge in [0.25, 0.3) is 5.91 Å². The van der Waals surface area contributed by atoms with Crippen molar-refractivity contribution in [1.29, 1.82) is 0 Å². The molecule has 0 saturated carbocycles. The maximum Gasteiger partial charge on any atom is 0.418 e. The van der Waals surface area contributed by atoms with Gasteiger partial charge in [-0.1, -0.05) is 6.07 Å². The van der Waals surface area contributed by atoms with Gasteiger partial charge in [0.05, 0.1) is 0 Å². The molecule has 1 atom stereocenters. The number of amides is 2. The van der Waals surface area contributed by atoms with Crippen LogP contribution in [-0.2, 0) is 31.1 Å². The van der Waals surface area contributed by atoms with Crippen molar-refractivity contribution in [3.8, 4) is 0 Å². The standard InChI is InChI=1S/C18H20FNO5/c1-10-7-11-5-6-18(14(11)12(19)8-10)15(22)20(16(23)25-18)9-13(21)24-17(2,3)4/h7-8H,5-6,9H2,1-4H3. The monoisotopic (exact) mass is 349 g/mol. The fourth-order valence-electron chi connectivity index (χ4n) is 3.40. The number of hydrogen-bond donors (Lipinski definition) is 0. The van der Waals surface area contributed by atoms with Crippen molar-refractivity contribution in [3.63, 3.8) is 0 Å². The largest absolute Gasteiger partial charge is 0.459 e. The SMILES string of the molecule is Cc1cc(F)c2c(c1)CCC21OC(=O)N(CC(=O)OC(C)(C)C)C1=O. The molecule has 0 bridgehead atoms. The molecule has 25 heavy (non-hydrogen) atoms. The summed E-state index contributed by atoms with van der Waals surface area (Å²) in [4.78, 5) is 37.7. The lowest BCUT2D eigenvalue weighted by Crippen LogP contribution is -2.41. The molecule has 1 heterocycles. The molecule has 1 aromatic rings. The molecule has 1 aromatic carbocycles. The third-order valence-corrected chi connectivity index (χ3v) is 4.25. The topological polar surface area (TPSA) is 72.9 Å². The van der Waals surface area contributed by atoms with Gasteiger partial charge in [-0.15, -0.1) is 0 Å². The first-order chi connectivity index (χ1) is 11.5. The molecule has 0 N–H and O–H groups in total. The number of fused-ring (bicyclic) bond motifs is 2. The molecule has 1 fully saturated rings. The molecule has 1 saturated heterocycles. The second-order valence-corrected chi connectivity index (χ2v) is 7.45. The van der Waals surface area contributed by atoms with Crippen molar-refractivity contribution >= 4 is 18.0 Å². The highest BCUT2D eigenvalue weighted by Crippen LogP contribution is 2.46. The second kappa shape index (κ2) is 5.54. The van der Waals surface area contributed by atoms with Crippen LogP contribution in [0.5, 0.6) is 0 Å². The highest BCUT2D eigenvalue weighted by molar-refractivity contribution is 6.06. The molecule has 1 aliphatic carbocycles. The number of aryl methyl sites for hydroxylation is 2. The van der Waals surface area contributed by atoms with Crippen molar-refractivity contribution in [2.45, 2.75) is 51.7 Å². The summed E-state index contributed by atoms with van der Waals surface area (Å²) in [7, 11) is 0. The predicted octanol–water partition coefficient (Wildman–Crippen LogP) is 2.60. The fourth-order valence-corrected chi connectivity index (χ4v) is 3.40. The Bertz CT molecular complexity index is 782. The van der Waals surface area contributed by atoms with E-state index in [4.69, 9.17) is 9.47 Å². The van der Waals surface area contributed by atoms with Gasteiger partial charge in [-0.3, -0.25) is 9.59 Å².